The second kappa shape index (κ2) is 6.60. The first-order valence-corrected chi connectivity index (χ1v) is 8.62. The molecule has 0 radical (unpaired) electrons. The summed E-state index contributed by atoms with van der Waals surface area (Å²) in [6.07, 6.45) is 2.57. The maximum absolute atomic E-state index is 13.3. The van der Waals surface area contributed by atoms with Crippen LogP contribution in [0.5, 0.6) is 0 Å². The van der Waals surface area contributed by atoms with Crippen LogP contribution in [0.4, 0.5) is 4.39 Å². The third kappa shape index (κ3) is 2.92. The minimum absolute atomic E-state index is 0.252. The molecule has 0 aliphatic heterocycles. The average Bonchev–Trinajstić information content (AvgIpc) is 3.04. The summed E-state index contributed by atoms with van der Waals surface area (Å²) in [6, 6.07) is 22.7. The Morgan fingerprint density at radius 3 is 2.38 bits per heavy atom. The quantitative estimate of drug-likeness (QED) is 0.462. The fraction of sp³-hybridized carbons (Fsp3) is 0.0870. The van der Waals surface area contributed by atoms with Crippen LogP contribution >= 0.6 is 0 Å². The van der Waals surface area contributed by atoms with Gasteiger partial charge in [0.15, 0.2) is 0 Å². The molecule has 0 unspecified atom stereocenters. The van der Waals surface area contributed by atoms with Gasteiger partial charge in [-0.2, -0.15) is 0 Å². The number of nitrogens with one attached hydrogen (secondary N) is 1. The number of hydrogen-bond donors (Lipinski definition) is 1. The van der Waals surface area contributed by atoms with E-state index >= 15 is 0 Å². The first kappa shape index (κ1) is 16.3. The Balaban J connectivity index is 1.79. The molecule has 26 heavy (non-hydrogen) atoms. The molecule has 4 rings (SSSR count). The van der Waals surface area contributed by atoms with E-state index in [9.17, 15) is 4.39 Å². The number of para-hydroxylation sites is 1. The molecular formula is C23H19FN2. The summed E-state index contributed by atoms with van der Waals surface area (Å²) in [5, 5.41) is 9.72. The van der Waals surface area contributed by atoms with Crippen molar-refractivity contribution in [3.63, 3.8) is 0 Å². The second-order valence-electron chi connectivity index (χ2n) is 6.49. The van der Waals surface area contributed by atoms with Gasteiger partial charge < -0.3 is 9.98 Å². The van der Waals surface area contributed by atoms with Gasteiger partial charge >= 0.3 is 0 Å². The fourth-order valence-corrected chi connectivity index (χ4v) is 3.33. The van der Waals surface area contributed by atoms with Crippen molar-refractivity contribution >= 4 is 16.6 Å². The van der Waals surface area contributed by atoms with Crippen LogP contribution in [-0.4, -0.2) is 10.3 Å². The summed E-state index contributed by atoms with van der Waals surface area (Å²) in [7, 11) is 0. The number of fused-ring (bicyclic) bond motifs is 1. The first-order chi connectivity index (χ1) is 12.6. The summed E-state index contributed by atoms with van der Waals surface area (Å²) in [5.74, 6) is -0.252. The fourth-order valence-electron chi connectivity index (χ4n) is 3.33. The molecule has 0 spiro atoms. The SMILES string of the molecule is Cc1ccccc1CC(=N)c1cn(-c2ccc(F)cc2)c2ccccc12. The number of aryl methyl sites for hydroxylation is 1. The molecule has 0 amide bonds. The van der Waals surface area contributed by atoms with Crippen LogP contribution in [0.25, 0.3) is 16.6 Å². The van der Waals surface area contributed by atoms with Gasteiger partial charge in [0.1, 0.15) is 5.82 Å². The molecule has 4 aromatic rings. The molecule has 0 saturated carbocycles. The molecule has 0 aliphatic rings. The first-order valence-electron chi connectivity index (χ1n) is 8.62. The Kier molecular flexibility index (Phi) is 4.13. The van der Waals surface area contributed by atoms with Crippen LogP contribution in [0, 0.1) is 18.2 Å². The number of benzene rings is 3. The lowest BCUT2D eigenvalue weighted by Gasteiger charge is -2.06. The highest BCUT2D eigenvalue weighted by Gasteiger charge is 2.14. The number of halogens is 1. The highest BCUT2D eigenvalue weighted by Crippen LogP contribution is 2.26. The van der Waals surface area contributed by atoms with Crippen molar-refractivity contribution in [3.8, 4) is 5.69 Å². The average molecular weight is 342 g/mol. The molecule has 0 bridgehead atoms. The Labute approximate surface area is 152 Å². The van der Waals surface area contributed by atoms with Crippen molar-refractivity contribution < 1.29 is 4.39 Å². The zero-order chi connectivity index (χ0) is 18.1. The highest BCUT2D eigenvalue weighted by atomic mass is 19.1. The van der Waals surface area contributed by atoms with E-state index in [1.54, 1.807) is 12.1 Å². The molecule has 128 valence electrons. The van der Waals surface area contributed by atoms with Crippen molar-refractivity contribution in [2.45, 2.75) is 13.3 Å². The normalized spacial score (nSPS) is 11.0. The minimum Gasteiger partial charge on any atom is -0.316 e. The number of aromatic nitrogens is 1. The summed E-state index contributed by atoms with van der Waals surface area (Å²) < 4.78 is 15.3. The third-order valence-corrected chi connectivity index (χ3v) is 4.77. The summed E-state index contributed by atoms with van der Waals surface area (Å²) in [5.41, 5.74) is 5.75. The highest BCUT2D eigenvalue weighted by molar-refractivity contribution is 6.10. The Hall–Kier alpha value is -3.20. The second-order valence-corrected chi connectivity index (χ2v) is 6.49. The van der Waals surface area contributed by atoms with E-state index in [1.807, 2.05) is 47.2 Å². The molecular weight excluding hydrogens is 323 g/mol. The maximum atomic E-state index is 13.3. The summed E-state index contributed by atoms with van der Waals surface area (Å²) >= 11 is 0. The van der Waals surface area contributed by atoms with Gasteiger partial charge in [0.05, 0.1) is 5.52 Å². The predicted molar refractivity (Wildman–Crippen MR) is 105 cm³/mol. The number of rotatable bonds is 4. The van der Waals surface area contributed by atoms with E-state index in [4.69, 9.17) is 5.41 Å². The van der Waals surface area contributed by atoms with Crippen molar-refractivity contribution in [3.05, 3.63) is 102 Å². The van der Waals surface area contributed by atoms with E-state index in [1.165, 1.54) is 17.7 Å². The topological polar surface area (TPSA) is 28.8 Å². The minimum atomic E-state index is -0.252. The molecule has 0 aliphatic carbocycles. The smallest absolute Gasteiger partial charge is 0.123 e. The van der Waals surface area contributed by atoms with Crippen LogP contribution in [0.3, 0.4) is 0 Å². The molecule has 0 saturated heterocycles. The van der Waals surface area contributed by atoms with Crippen molar-refractivity contribution in [2.75, 3.05) is 0 Å². The maximum Gasteiger partial charge on any atom is 0.123 e. The molecule has 3 aromatic carbocycles. The standard InChI is InChI=1S/C23H19FN2/c1-16-6-2-3-7-17(16)14-22(25)21-15-26(19-12-10-18(24)11-13-19)23-9-5-4-8-20(21)23/h2-13,15,25H,14H2,1H3. The Morgan fingerprint density at radius 1 is 0.923 bits per heavy atom. The van der Waals surface area contributed by atoms with Crippen LogP contribution in [-0.2, 0) is 6.42 Å². The van der Waals surface area contributed by atoms with Crippen molar-refractivity contribution in [1.82, 2.24) is 4.57 Å². The van der Waals surface area contributed by atoms with Crippen molar-refractivity contribution in [1.29, 1.82) is 5.41 Å². The van der Waals surface area contributed by atoms with Gasteiger partial charge in [0, 0.05) is 35.0 Å². The summed E-state index contributed by atoms with van der Waals surface area (Å²) in [4.78, 5) is 0. The summed E-state index contributed by atoms with van der Waals surface area (Å²) in [6.45, 7) is 2.07. The van der Waals surface area contributed by atoms with E-state index < -0.39 is 0 Å². The van der Waals surface area contributed by atoms with Gasteiger partial charge in [-0.15, -0.1) is 0 Å². The zero-order valence-corrected chi connectivity index (χ0v) is 14.5. The van der Waals surface area contributed by atoms with E-state index in [0.717, 1.165) is 27.7 Å². The molecule has 3 heteroatoms. The lowest BCUT2D eigenvalue weighted by atomic mass is 9.99. The van der Waals surface area contributed by atoms with Gasteiger partial charge in [-0.1, -0.05) is 42.5 Å². The van der Waals surface area contributed by atoms with E-state index in [0.29, 0.717) is 12.1 Å². The van der Waals surface area contributed by atoms with Gasteiger partial charge in [-0.05, 0) is 48.4 Å². The lowest BCUT2D eigenvalue weighted by molar-refractivity contribution is 0.627. The largest absolute Gasteiger partial charge is 0.316 e. The molecule has 0 fully saturated rings. The molecule has 1 heterocycles. The van der Waals surface area contributed by atoms with Crippen molar-refractivity contribution in [2.24, 2.45) is 0 Å². The molecule has 1 N–H and O–H groups in total. The van der Waals surface area contributed by atoms with Crippen LogP contribution < -0.4 is 0 Å². The number of hydrogen-bond acceptors (Lipinski definition) is 1. The predicted octanol–water partition coefficient (Wildman–Crippen LogP) is 5.69. The zero-order valence-electron chi connectivity index (χ0n) is 14.5. The van der Waals surface area contributed by atoms with Crippen LogP contribution in [0.15, 0.2) is 79.0 Å². The Morgan fingerprint density at radius 2 is 1.62 bits per heavy atom. The third-order valence-electron chi connectivity index (χ3n) is 4.77. The van der Waals surface area contributed by atoms with E-state index in [2.05, 4.69) is 19.1 Å². The van der Waals surface area contributed by atoms with Crippen LogP contribution in [0.1, 0.15) is 16.7 Å². The lowest BCUT2D eigenvalue weighted by Crippen LogP contribution is -2.04. The monoisotopic (exact) mass is 342 g/mol. The Bertz CT molecular complexity index is 1090. The van der Waals surface area contributed by atoms with Gasteiger partial charge in [-0.25, -0.2) is 4.39 Å². The van der Waals surface area contributed by atoms with Crippen LogP contribution in [0.2, 0.25) is 0 Å². The van der Waals surface area contributed by atoms with Gasteiger partial charge in [0.2, 0.25) is 0 Å². The van der Waals surface area contributed by atoms with Gasteiger partial charge in [0.25, 0.3) is 0 Å². The van der Waals surface area contributed by atoms with Gasteiger partial charge in [-0.3, -0.25) is 0 Å². The molecule has 1 aromatic heterocycles. The molecule has 2 nitrogen and oxygen atoms in total. The number of nitrogens with zero attached hydrogens (tertiary/aromatic N) is 1. The van der Waals surface area contributed by atoms with E-state index in [-0.39, 0.29) is 5.82 Å². The molecule has 0 atom stereocenters.